The molecule has 0 saturated heterocycles. The highest BCUT2D eigenvalue weighted by Gasteiger charge is 2.13. The number of likely N-dealkylation sites (N-methyl/N-ethyl adjacent to an activating group) is 2. The number of nitrogens with one attached hydrogen (secondary N) is 2. The zero-order valence-corrected chi connectivity index (χ0v) is 18.1. The molecule has 0 heterocycles. The Bertz CT molecular complexity index is 530. The molecule has 1 atom stereocenters. The van der Waals surface area contributed by atoms with Crippen molar-refractivity contribution >= 4 is 5.96 Å². The standard InChI is InChI=1S/C21H39N5O/c1-7-22-21(23-13-15-26(5)14-8-16-27-6)24-17-20(25(3)4)19-11-9-18(2)10-12-19/h9-12,20H,7-8,13-17H2,1-6H3,(H2,22,23,24). The fourth-order valence-electron chi connectivity index (χ4n) is 2.83. The molecule has 2 N–H and O–H groups in total. The number of aliphatic imine (C=N–C) groups is 1. The average Bonchev–Trinajstić information content (AvgIpc) is 2.63. The van der Waals surface area contributed by atoms with Crippen molar-refractivity contribution in [3.63, 3.8) is 0 Å². The van der Waals surface area contributed by atoms with E-state index in [1.54, 1.807) is 7.11 Å². The first-order chi connectivity index (χ1) is 13.0. The maximum atomic E-state index is 5.11. The van der Waals surface area contributed by atoms with Crippen LogP contribution in [0.15, 0.2) is 29.3 Å². The summed E-state index contributed by atoms with van der Waals surface area (Å²) in [5.74, 6) is 0.877. The van der Waals surface area contributed by atoms with E-state index in [1.807, 2.05) is 0 Å². The Labute approximate surface area is 166 Å². The topological polar surface area (TPSA) is 52.1 Å². The van der Waals surface area contributed by atoms with Crippen LogP contribution in [0.5, 0.6) is 0 Å². The Morgan fingerprint density at radius 3 is 2.41 bits per heavy atom. The van der Waals surface area contributed by atoms with Crippen molar-refractivity contribution < 1.29 is 4.74 Å². The summed E-state index contributed by atoms with van der Waals surface area (Å²) >= 11 is 0. The van der Waals surface area contributed by atoms with Crippen LogP contribution >= 0.6 is 0 Å². The molecule has 0 spiro atoms. The zero-order valence-electron chi connectivity index (χ0n) is 18.1. The SMILES string of the molecule is CCNC(=NCC(c1ccc(C)cc1)N(C)C)NCCN(C)CCCOC. The number of ether oxygens (including phenoxy) is 1. The van der Waals surface area contributed by atoms with Gasteiger partial charge < -0.3 is 25.2 Å². The Balaban J connectivity index is 2.58. The lowest BCUT2D eigenvalue weighted by Crippen LogP contribution is -2.41. The van der Waals surface area contributed by atoms with Gasteiger partial charge in [-0.05, 0) is 47.0 Å². The van der Waals surface area contributed by atoms with Gasteiger partial charge in [0.05, 0.1) is 12.6 Å². The monoisotopic (exact) mass is 377 g/mol. The van der Waals surface area contributed by atoms with Crippen LogP contribution in [0.1, 0.15) is 30.5 Å². The predicted molar refractivity (Wildman–Crippen MR) is 116 cm³/mol. The number of aryl methyl sites for hydroxylation is 1. The third kappa shape index (κ3) is 9.75. The van der Waals surface area contributed by atoms with E-state index in [0.717, 1.165) is 51.7 Å². The van der Waals surface area contributed by atoms with Crippen LogP contribution in [0, 0.1) is 6.92 Å². The van der Waals surface area contributed by atoms with Gasteiger partial charge in [-0.1, -0.05) is 29.8 Å². The van der Waals surface area contributed by atoms with Gasteiger partial charge in [0, 0.05) is 39.9 Å². The van der Waals surface area contributed by atoms with E-state index in [9.17, 15) is 0 Å². The van der Waals surface area contributed by atoms with E-state index >= 15 is 0 Å². The second-order valence-electron chi connectivity index (χ2n) is 7.19. The minimum Gasteiger partial charge on any atom is -0.385 e. The van der Waals surface area contributed by atoms with Gasteiger partial charge in [-0.2, -0.15) is 0 Å². The first-order valence-corrected chi connectivity index (χ1v) is 9.90. The predicted octanol–water partition coefficient (Wildman–Crippen LogP) is 2.12. The molecule has 1 aromatic rings. The van der Waals surface area contributed by atoms with Crippen molar-refractivity contribution in [1.82, 2.24) is 20.4 Å². The molecule has 6 nitrogen and oxygen atoms in total. The van der Waals surface area contributed by atoms with Gasteiger partial charge in [0.1, 0.15) is 0 Å². The zero-order chi connectivity index (χ0) is 20.1. The Morgan fingerprint density at radius 2 is 1.81 bits per heavy atom. The summed E-state index contributed by atoms with van der Waals surface area (Å²) in [5.41, 5.74) is 2.58. The minimum atomic E-state index is 0.262. The molecule has 0 aliphatic carbocycles. The minimum absolute atomic E-state index is 0.262. The molecule has 1 aromatic carbocycles. The van der Waals surface area contributed by atoms with Crippen LogP contribution in [0.2, 0.25) is 0 Å². The molecule has 0 aromatic heterocycles. The largest absolute Gasteiger partial charge is 0.385 e. The summed E-state index contributed by atoms with van der Waals surface area (Å²) in [4.78, 5) is 9.35. The van der Waals surface area contributed by atoms with Crippen molar-refractivity contribution in [2.45, 2.75) is 26.3 Å². The second kappa shape index (κ2) is 13.5. The molecule has 0 aliphatic heterocycles. The fraction of sp³-hybridized carbons (Fsp3) is 0.667. The molecule has 0 fully saturated rings. The van der Waals surface area contributed by atoms with Crippen LogP contribution < -0.4 is 10.6 Å². The number of hydrogen-bond donors (Lipinski definition) is 2. The average molecular weight is 378 g/mol. The Morgan fingerprint density at radius 1 is 1.11 bits per heavy atom. The van der Waals surface area contributed by atoms with Gasteiger partial charge in [-0.25, -0.2) is 0 Å². The normalized spacial score (nSPS) is 13.3. The lowest BCUT2D eigenvalue weighted by Gasteiger charge is -2.24. The summed E-state index contributed by atoms with van der Waals surface area (Å²) in [6, 6.07) is 8.99. The van der Waals surface area contributed by atoms with E-state index in [1.165, 1.54) is 11.1 Å². The van der Waals surface area contributed by atoms with Crippen LogP contribution in [-0.4, -0.2) is 83.3 Å². The van der Waals surface area contributed by atoms with Crippen LogP contribution in [0.25, 0.3) is 0 Å². The van der Waals surface area contributed by atoms with E-state index in [2.05, 4.69) is 79.7 Å². The number of hydrogen-bond acceptors (Lipinski definition) is 4. The molecular weight excluding hydrogens is 338 g/mol. The first-order valence-electron chi connectivity index (χ1n) is 9.90. The molecule has 0 saturated carbocycles. The number of methoxy groups -OCH3 is 1. The lowest BCUT2D eigenvalue weighted by atomic mass is 10.0. The summed E-state index contributed by atoms with van der Waals surface area (Å²) in [6.07, 6.45) is 1.06. The third-order valence-corrected chi connectivity index (χ3v) is 4.53. The van der Waals surface area contributed by atoms with Crippen LogP contribution in [-0.2, 0) is 4.74 Å². The highest BCUT2D eigenvalue weighted by atomic mass is 16.5. The molecule has 6 heteroatoms. The molecule has 0 aliphatic rings. The van der Waals surface area contributed by atoms with Gasteiger partial charge in [0.25, 0.3) is 0 Å². The lowest BCUT2D eigenvalue weighted by molar-refractivity contribution is 0.180. The second-order valence-corrected chi connectivity index (χ2v) is 7.19. The van der Waals surface area contributed by atoms with E-state index in [-0.39, 0.29) is 6.04 Å². The van der Waals surface area contributed by atoms with E-state index in [4.69, 9.17) is 9.73 Å². The quantitative estimate of drug-likeness (QED) is 0.332. The summed E-state index contributed by atoms with van der Waals surface area (Å²) in [6.45, 7) is 9.48. The van der Waals surface area contributed by atoms with Gasteiger partial charge >= 0.3 is 0 Å². The third-order valence-electron chi connectivity index (χ3n) is 4.53. The van der Waals surface area contributed by atoms with Crippen molar-refractivity contribution in [2.24, 2.45) is 4.99 Å². The van der Waals surface area contributed by atoms with Crippen LogP contribution in [0.4, 0.5) is 0 Å². The summed E-state index contributed by atoms with van der Waals surface area (Å²) < 4.78 is 5.11. The number of guanidine groups is 1. The summed E-state index contributed by atoms with van der Waals surface area (Å²) in [7, 11) is 8.10. The smallest absolute Gasteiger partial charge is 0.191 e. The molecular formula is C21H39N5O. The molecule has 1 rings (SSSR count). The molecule has 1 unspecified atom stereocenters. The maximum Gasteiger partial charge on any atom is 0.191 e. The number of rotatable bonds is 12. The molecule has 154 valence electrons. The Hall–Kier alpha value is -1.63. The molecule has 27 heavy (non-hydrogen) atoms. The van der Waals surface area contributed by atoms with Crippen molar-refractivity contribution in [3.05, 3.63) is 35.4 Å². The number of benzene rings is 1. The highest BCUT2D eigenvalue weighted by Crippen LogP contribution is 2.19. The van der Waals surface area contributed by atoms with Crippen molar-refractivity contribution in [3.8, 4) is 0 Å². The van der Waals surface area contributed by atoms with Gasteiger partial charge in [-0.3, -0.25) is 4.99 Å². The maximum absolute atomic E-state index is 5.11. The van der Waals surface area contributed by atoms with E-state index < -0.39 is 0 Å². The highest BCUT2D eigenvalue weighted by molar-refractivity contribution is 5.79. The van der Waals surface area contributed by atoms with Gasteiger partial charge in [0.15, 0.2) is 5.96 Å². The van der Waals surface area contributed by atoms with Crippen LogP contribution in [0.3, 0.4) is 0 Å². The number of nitrogens with zero attached hydrogens (tertiary/aromatic N) is 3. The Kier molecular flexibility index (Phi) is 11.7. The van der Waals surface area contributed by atoms with Gasteiger partial charge in [0.2, 0.25) is 0 Å². The molecule has 0 radical (unpaired) electrons. The van der Waals surface area contributed by atoms with E-state index in [0.29, 0.717) is 0 Å². The van der Waals surface area contributed by atoms with Gasteiger partial charge in [-0.15, -0.1) is 0 Å². The van der Waals surface area contributed by atoms with Crippen molar-refractivity contribution in [1.29, 1.82) is 0 Å². The van der Waals surface area contributed by atoms with Crippen molar-refractivity contribution in [2.75, 3.05) is 67.6 Å². The first kappa shape index (κ1) is 23.4. The summed E-state index contributed by atoms with van der Waals surface area (Å²) in [5, 5.41) is 6.79. The fourth-order valence-corrected chi connectivity index (χ4v) is 2.83. The molecule has 0 bridgehead atoms. The molecule has 0 amide bonds.